The first kappa shape index (κ1) is 15.5. The Morgan fingerprint density at radius 3 is 2.32 bits per heavy atom. The number of aliphatic carboxylic acids is 1. The number of carboxylic acids is 1. The Morgan fingerprint density at radius 1 is 1.11 bits per heavy atom. The third-order valence-corrected chi connectivity index (χ3v) is 3.26. The van der Waals surface area contributed by atoms with Crippen LogP contribution in [0, 0.1) is 6.92 Å². The predicted molar refractivity (Wildman–Crippen MR) is 79.8 cm³/mol. The van der Waals surface area contributed by atoms with Crippen molar-refractivity contribution in [3.8, 4) is 0 Å². The van der Waals surface area contributed by atoms with E-state index in [0.717, 1.165) is 18.7 Å². The maximum atomic E-state index is 10.9. The molecule has 1 N–H and O–H groups in total. The van der Waals surface area contributed by atoms with E-state index in [1.807, 2.05) is 36.1 Å². The molecule has 0 aliphatic carbocycles. The standard InChI is InChI=1S/C16H25NO2/c1-3-4-5-6-7-12-17(13-16(18)19)15-10-8-14(2)9-11-15/h8-11H,3-7,12-13H2,1-2H3,(H,18,19). The van der Waals surface area contributed by atoms with Gasteiger partial charge in [0.15, 0.2) is 0 Å². The Kier molecular flexibility index (Phi) is 7.01. The highest BCUT2D eigenvalue weighted by atomic mass is 16.4. The van der Waals surface area contributed by atoms with Crippen molar-refractivity contribution in [3.63, 3.8) is 0 Å². The second-order valence-electron chi connectivity index (χ2n) is 5.07. The van der Waals surface area contributed by atoms with Gasteiger partial charge in [-0.1, -0.05) is 50.3 Å². The van der Waals surface area contributed by atoms with Gasteiger partial charge >= 0.3 is 5.97 Å². The molecular weight excluding hydrogens is 238 g/mol. The smallest absolute Gasteiger partial charge is 0.323 e. The van der Waals surface area contributed by atoms with Gasteiger partial charge in [-0.25, -0.2) is 0 Å². The highest BCUT2D eigenvalue weighted by molar-refractivity contribution is 5.73. The molecule has 1 rings (SSSR count). The summed E-state index contributed by atoms with van der Waals surface area (Å²) in [6.07, 6.45) is 5.97. The fraction of sp³-hybridized carbons (Fsp3) is 0.562. The van der Waals surface area contributed by atoms with Crippen LogP contribution in [0.4, 0.5) is 5.69 Å². The lowest BCUT2D eigenvalue weighted by atomic mass is 10.1. The molecule has 0 aliphatic heterocycles. The number of aryl methyl sites for hydroxylation is 1. The molecule has 1 aromatic carbocycles. The highest BCUT2D eigenvalue weighted by Crippen LogP contribution is 2.16. The fourth-order valence-corrected chi connectivity index (χ4v) is 2.12. The van der Waals surface area contributed by atoms with Crippen LogP contribution in [0.25, 0.3) is 0 Å². The zero-order valence-electron chi connectivity index (χ0n) is 12.1. The van der Waals surface area contributed by atoms with Crippen LogP contribution in [-0.2, 0) is 4.79 Å². The van der Waals surface area contributed by atoms with Crippen molar-refractivity contribution in [2.75, 3.05) is 18.0 Å². The molecule has 0 radical (unpaired) electrons. The van der Waals surface area contributed by atoms with Gasteiger partial charge in [-0.15, -0.1) is 0 Å². The zero-order chi connectivity index (χ0) is 14.1. The molecule has 0 unspecified atom stereocenters. The van der Waals surface area contributed by atoms with E-state index in [2.05, 4.69) is 6.92 Å². The molecule has 0 saturated carbocycles. The third-order valence-electron chi connectivity index (χ3n) is 3.26. The van der Waals surface area contributed by atoms with Crippen molar-refractivity contribution in [2.45, 2.75) is 46.0 Å². The van der Waals surface area contributed by atoms with Gasteiger partial charge in [0.05, 0.1) is 0 Å². The van der Waals surface area contributed by atoms with E-state index in [1.54, 1.807) is 0 Å². The number of carboxylic acid groups (broad SMARTS) is 1. The van der Waals surface area contributed by atoms with Crippen LogP contribution >= 0.6 is 0 Å². The van der Waals surface area contributed by atoms with Crippen molar-refractivity contribution in [2.24, 2.45) is 0 Å². The molecule has 0 atom stereocenters. The monoisotopic (exact) mass is 263 g/mol. The molecule has 3 nitrogen and oxygen atoms in total. The lowest BCUT2D eigenvalue weighted by Gasteiger charge is -2.23. The number of anilines is 1. The summed E-state index contributed by atoms with van der Waals surface area (Å²) < 4.78 is 0. The first-order chi connectivity index (χ1) is 9.13. The summed E-state index contributed by atoms with van der Waals surface area (Å²) >= 11 is 0. The van der Waals surface area contributed by atoms with Crippen molar-refractivity contribution in [3.05, 3.63) is 29.8 Å². The van der Waals surface area contributed by atoms with Gasteiger partial charge in [-0.2, -0.15) is 0 Å². The maximum Gasteiger partial charge on any atom is 0.323 e. The topological polar surface area (TPSA) is 40.5 Å². The average Bonchev–Trinajstić information content (AvgIpc) is 2.38. The lowest BCUT2D eigenvalue weighted by molar-refractivity contribution is -0.135. The van der Waals surface area contributed by atoms with Crippen LogP contribution in [0.2, 0.25) is 0 Å². The van der Waals surface area contributed by atoms with Crippen LogP contribution in [-0.4, -0.2) is 24.2 Å². The molecule has 0 spiro atoms. The predicted octanol–water partition coefficient (Wildman–Crippen LogP) is 3.86. The van der Waals surface area contributed by atoms with Gasteiger partial charge in [0.2, 0.25) is 0 Å². The van der Waals surface area contributed by atoms with E-state index in [1.165, 1.54) is 31.2 Å². The maximum absolute atomic E-state index is 10.9. The molecule has 0 heterocycles. The Hall–Kier alpha value is -1.51. The van der Waals surface area contributed by atoms with Gasteiger partial charge in [-0.05, 0) is 25.5 Å². The summed E-state index contributed by atoms with van der Waals surface area (Å²) in [5.74, 6) is -0.769. The lowest BCUT2D eigenvalue weighted by Crippen LogP contribution is -2.30. The highest BCUT2D eigenvalue weighted by Gasteiger charge is 2.10. The van der Waals surface area contributed by atoms with Crippen molar-refractivity contribution in [1.29, 1.82) is 0 Å². The number of hydrogen-bond donors (Lipinski definition) is 1. The molecule has 3 heteroatoms. The summed E-state index contributed by atoms with van der Waals surface area (Å²) in [7, 11) is 0. The van der Waals surface area contributed by atoms with Crippen molar-refractivity contribution in [1.82, 2.24) is 0 Å². The second kappa shape index (κ2) is 8.57. The molecule has 106 valence electrons. The molecule has 0 aliphatic rings. The molecule has 19 heavy (non-hydrogen) atoms. The summed E-state index contributed by atoms with van der Waals surface area (Å²) in [4.78, 5) is 12.9. The normalized spacial score (nSPS) is 10.4. The first-order valence-electron chi connectivity index (χ1n) is 7.17. The molecule has 1 aromatic rings. The van der Waals surface area contributed by atoms with Gasteiger partial charge < -0.3 is 10.0 Å². The van der Waals surface area contributed by atoms with E-state index in [4.69, 9.17) is 5.11 Å². The van der Waals surface area contributed by atoms with E-state index < -0.39 is 5.97 Å². The van der Waals surface area contributed by atoms with E-state index in [0.29, 0.717) is 0 Å². The largest absolute Gasteiger partial charge is 0.480 e. The van der Waals surface area contributed by atoms with Crippen LogP contribution in [0.15, 0.2) is 24.3 Å². The number of unbranched alkanes of at least 4 members (excludes halogenated alkanes) is 4. The zero-order valence-corrected chi connectivity index (χ0v) is 12.1. The number of rotatable bonds is 9. The summed E-state index contributed by atoms with van der Waals surface area (Å²) in [5.41, 5.74) is 2.20. The van der Waals surface area contributed by atoms with Gasteiger partial charge in [0.25, 0.3) is 0 Å². The van der Waals surface area contributed by atoms with Gasteiger partial charge in [0.1, 0.15) is 6.54 Å². The fourth-order valence-electron chi connectivity index (χ4n) is 2.12. The number of carbonyl (C=O) groups is 1. The van der Waals surface area contributed by atoms with Gasteiger partial charge in [-0.3, -0.25) is 4.79 Å². The Balaban J connectivity index is 2.51. The van der Waals surface area contributed by atoms with Crippen LogP contribution in [0.3, 0.4) is 0 Å². The van der Waals surface area contributed by atoms with Crippen LogP contribution in [0.1, 0.15) is 44.6 Å². The summed E-state index contributed by atoms with van der Waals surface area (Å²) in [6.45, 7) is 5.13. The van der Waals surface area contributed by atoms with Crippen molar-refractivity contribution < 1.29 is 9.90 Å². The molecule has 0 aromatic heterocycles. The average molecular weight is 263 g/mol. The molecule has 0 amide bonds. The number of nitrogens with zero attached hydrogens (tertiary/aromatic N) is 1. The summed E-state index contributed by atoms with van der Waals surface area (Å²) in [6, 6.07) is 8.07. The van der Waals surface area contributed by atoms with E-state index in [9.17, 15) is 4.79 Å². The number of hydrogen-bond acceptors (Lipinski definition) is 2. The Labute approximate surface area is 116 Å². The van der Waals surface area contributed by atoms with Crippen LogP contribution in [0.5, 0.6) is 0 Å². The first-order valence-corrected chi connectivity index (χ1v) is 7.17. The van der Waals surface area contributed by atoms with Crippen LogP contribution < -0.4 is 4.90 Å². The SMILES string of the molecule is CCCCCCCN(CC(=O)O)c1ccc(C)cc1. The molecular formula is C16H25NO2. The third kappa shape index (κ3) is 6.27. The Bertz CT molecular complexity index is 373. The quantitative estimate of drug-likeness (QED) is 0.688. The van der Waals surface area contributed by atoms with E-state index in [-0.39, 0.29) is 6.54 Å². The second-order valence-corrected chi connectivity index (χ2v) is 5.07. The van der Waals surface area contributed by atoms with E-state index >= 15 is 0 Å². The van der Waals surface area contributed by atoms with Gasteiger partial charge in [0, 0.05) is 12.2 Å². The number of benzene rings is 1. The molecule has 0 bridgehead atoms. The van der Waals surface area contributed by atoms with Crippen molar-refractivity contribution >= 4 is 11.7 Å². The Morgan fingerprint density at radius 2 is 1.74 bits per heavy atom. The minimum Gasteiger partial charge on any atom is -0.480 e. The minimum absolute atomic E-state index is 0.0802. The molecule has 0 fully saturated rings. The minimum atomic E-state index is -0.769. The molecule has 0 saturated heterocycles. The summed E-state index contributed by atoms with van der Waals surface area (Å²) in [5, 5.41) is 9.00.